The lowest BCUT2D eigenvalue weighted by atomic mass is 10.2. The van der Waals surface area contributed by atoms with E-state index in [1.807, 2.05) is 48.5 Å². The Morgan fingerprint density at radius 3 is 1.90 bits per heavy atom. The first kappa shape index (κ1) is 18.4. The highest BCUT2D eigenvalue weighted by Gasteiger charge is 2.16. The van der Waals surface area contributed by atoms with Gasteiger partial charge in [0.05, 0.1) is 0 Å². The Kier molecular flexibility index (Phi) is 5.03. The summed E-state index contributed by atoms with van der Waals surface area (Å²) in [6.07, 6.45) is 0. The van der Waals surface area contributed by atoms with Gasteiger partial charge in [0, 0.05) is 35.2 Å². The highest BCUT2D eigenvalue weighted by atomic mass is 16.7. The van der Waals surface area contributed by atoms with Crippen molar-refractivity contribution >= 4 is 34.6 Å². The predicted octanol–water partition coefficient (Wildman–Crippen LogP) is 4.37. The van der Waals surface area contributed by atoms with E-state index in [1.165, 1.54) is 6.92 Å². The average molecular weight is 389 g/mol. The van der Waals surface area contributed by atoms with Crippen molar-refractivity contribution < 1.29 is 19.1 Å². The number of hydrogen-bond acceptors (Lipinski definition) is 5. The normalized spacial score (nSPS) is 11.6. The smallest absolute Gasteiger partial charge is 0.255 e. The summed E-state index contributed by atoms with van der Waals surface area (Å²) in [5.41, 5.74) is 3.68. The Labute approximate surface area is 167 Å². The molecule has 3 N–H and O–H groups in total. The van der Waals surface area contributed by atoms with Crippen LogP contribution in [0.2, 0.25) is 0 Å². The van der Waals surface area contributed by atoms with Gasteiger partial charge < -0.3 is 25.4 Å². The number of rotatable bonds is 5. The van der Waals surface area contributed by atoms with Crippen LogP contribution in [0.15, 0.2) is 66.7 Å². The van der Waals surface area contributed by atoms with Crippen LogP contribution < -0.4 is 25.4 Å². The van der Waals surface area contributed by atoms with Gasteiger partial charge in [-0.1, -0.05) is 0 Å². The molecule has 7 heteroatoms. The van der Waals surface area contributed by atoms with Gasteiger partial charge in [0.25, 0.3) is 5.91 Å². The van der Waals surface area contributed by atoms with Crippen molar-refractivity contribution in [1.82, 2.24) is 0 Å². The molecule has 2 amide bonds. The monoisotopic (exact) mass is 389 g/mol. The molecule has 3 aromatic carbocycles. The minimum Gasteiger partial charge on any atom is -0.454 e. The molecule has 0 atom stereocenters. The molecule has 0 aromatic heterocycles. The van der Waals surface area contributed by atoms with Crippen LogP contribution in [0.3, 0.4) is 0 Å². The first-order valence-corrected chi connectivity index (χ1v) is 9.02. The predicted molar refractivity (Wildman–Crippen MR) is 111 cm³/mol. The number of nitrogens with one attached hydrogen (secondary N) is 3. The number of anilines is 4. The third-order valence-corrected chi connectivity index (χ3v) is 4.27. The molecule has 0 bridgehead atoms. The largest absolute Gasteiger partial charge is 0.454 e. The van der Waals surface area contributed by atoms with Crippen molar-refractivity contribution in [2.75, 3.05) is 22.7 Å². The van der Waals surface area contributed by atoms with E-state index in [-0.39, 0.29) is 18.6 Å². The van der Waals surface area contributed by atoms with Gasteiger partial charge in [-0.05, 0) is 66.7 Å². The van der Waals surface area contributed by atoms with Gasteiger partial charge >= 0.3 is 0 Å². The van der Waals surface area contributed by atoms with Gasteiger partial charge in [0.15, 0.2) is 11.5 Å². The molecule has 0 spiro atoms. The van der Waals surface area contributed by atoms with Crippen LogP contribution in [0.1, 0.15) is 17.3 Å². The summed E-state index contributed by atoms with van der Waals surface area (Å²) in [5, 5.41) is 8.86. The van der Waals surface area contributed by atoms with E-state index < -0.39 is 0 Å². The molecule has 4 rings (SSSR count). The van der Waals surface area contributed by atoms with Crippen LogP contribution in [0, 0.1) is 0 Å². The standard InChI is InChI=1S/C22H19N3O4/c1-14(26)23-16-3-5-17(6-4-16)24-18-7-9-19(10-8-18)25-22(27)15-2-11-20-21(12-15)29-13-28-20/h2-12,24H,13H2,1H3,(H,23,26)(H,25,27). The number of carbonyl (C=O) groups is 2. The van der Waals surface area contributed by atoms with Crippen molar-refractivity contribution in [1.29, 1.82) is 0 Å². The zero-order valence-electron chi connectivity index (χ0n) is 15.7. The zero-order valence-corrected chi connectivity index (χ0v) is 15.7. The second kappa shape index (κ2) is 7.93. The van der Waals surface area contributed by atoms with Gasteiger partial charge in [0.2, 0.25) is 12.7 Å². The molecule has 0 unspecified atom stereocenters. The number of fused-ring (bicyclic) bond motifs is 1. The Hall–Kier alpha value is -4.00. The molecule has 1 aliphatic rings. The number of hydrogen-bond donors (Lipinski definition) is 3. The van der Waals surface area contributed by atoms with Crippen molar-refractivity contribution in [2.45, 2.75) is 6.92 Å². The molecular formula is C22H19N3O4. The minimum absolute atomic E-state index is 0.107. The van der Waals surface area contributed by atoms with Crippen LogP contribution in [-0.2, 0) is 4.79 Å². The van der Waals surface area contributed by atoms with Gasteiger partial charge in [-0.2, -0.15) is 0 Å². The first-order chi connectivity index (χ1) is 14.1. The number of carbonyl (C=O) groups excluding carboxylic acids is 2. The van der Waals surface area contributed by atoms with E-state index in [2.05, 4.69) is 16.0 Å². The SMILES string of the molecule is CC(=O)Nc1ccc(Nc2ccc(NC(=O)c3ccc4c(c3)OCO4)cc2)cc1. The summed E-state index contributed by atoms with van der Waals surface area (Å²) in [4.78, 5) is 23.5. The van der Waals surface area contributed by atoms with Crippen LogP contribution in [0.25, 0.3) is 0 Å². The Bertz CT molecular complexity index is 1050. The molecule has 1 aliphatic heterocycles. The van der Waals surface area contributed by atoms with Gasteiger partial charge in [0.1, 0.15) is 0 Å². The lowest BCUT2D eigenvalue weighted by molar-refractivity contribution is -0.114. The van der Waals surface area contributed by atoms with Crippen LogP contribution in [0.4, 0.5) is 22.7 Å². The number of benzene rings is 3. The zero-order chi connectivity index (χ0) is 20.2. The fourth-order valence-corrected chi connectivity index (χ4v) is 2.88. The summed E-state index contributed by atoms with van der Waals surface area (Å²) in [6, 6.07) is 19.9. The lowest BCUT2D eigenvalue weighted by Gasteiger charge is -2.10. The minimum atomic E-state index is -0.224. The van der Waals surface area contributed by atoms with E-state index in [4.69, 9.17) is 9.47 Å². The fourth-order valence-electron chi connectivity index (χ4n) is 2.88. The highest BCUT2D eigenvalue weighted by Crippen LogP contribution is 2.32. The average Bonchev–Trinajstić information content (AvgIpc) is 3.18. The summed E-state index contributed by atoms with van der Waals surface area (Å²) in [5.74, 6) is 0.880. The summed E-state index contributed by atoms with van der Waals surface area (Å²) in [7, 11) is 0. The van der Waals surface area contributed by atoms with E-state index >= 15 is 0 Å². The molecule has 0 radical (unpaired) electrons. The third kappa shape index (κ3) is 4.47. The molecule has 3 aromatic rings. The number of amides is 2. The maximum atomic E-state index is 12.4. The van der Waals surface area contributed by atoms with Crippen LogP contribution >= 0.6 is 0 Å². The van der Waals surface area contributed by atoms with Crippen molar-refractivity contribution in [2.24, 2.45) is 0 Å². The molecule has 1 heterocycles. The quantitative estimate of drug-likeness (QED) is 0.603. The second-order valence-corrected chi connectivity index (χ2v) is 6.48. The maximum Gasteiger partial charge on any atom is 0.255 e. The van der Waals surface area contributed by atoms with E-state index in [0.29, 0.717) is 22.7 Å². The fraction of sp³-hybridized carbons (Fsp3) is 0.0909. The molecule has 0 saturated heterocycles. The second-order valence-electron chi connectivity index (χ2n) is 6.48. The number of ether oxygens (including phenoxy) is 2. The van der Waals surface area contributed by atoms with Gasteiger partial charge in [-0.15, -0.1) is 0 Å². The molecule has 146 valence electrons. The molecular weight excluding hydrogens is 370 g/mol. The van der Waals surface area contributed by atoms with Crippen LogP contribution in [0.5, 0.6) is 11.5 Å². The van der Waals surface area contributed by atoms with Gasteiger partial charge in [-0.3, -0.25) is 9.59 Å². The van der Waals surface area contributed by atoms with Crippen molar-refractivity contribution in [3.8, 4) is 11.5 Å². The topological polar surface area (TPSA) is 88.7 Å². The summed E-state index contributed by atoms with van der Waals surface area (Å²) >= 11 is 0. The Morgan fingerprint density at radius 1 is 0.724 bits per heavy atom. The first-order valence-electron chi connectivity index (χ1n) is 9.02. The molecule has 7 nitrogen and oxygen atoms in total. The third-order valence-electron chi connectivity index (χ3n) is 4.27. The van der Waals surface area contributed by atoms with Crippen LogP contribution in [-0.4, -0.2) is 18.6 Å². The lowest BCUT2D eigenvalue weighted by Crippen LogP contribution is -2.11. The summed E-state index contributed by atoms with van der Waals surface area (Å²) < 4.78 is 10.6. The van der Waals surface area contributed by atoms with E-state index in [9.17, 15) is 9.59 Å². The highest BCUT2D eigenvalue weighted by molar-refractivity contribution is 6.04. The maximum absolute atomic E-state index is 12.4. The van der Waals surface area contributed by atoms with Crippen molar-refractivity contribution in [3.63, 3.8) is 0 Å². The Morgan fingerprint density at radius 2 is 1.28 bits per heavy atom. The van der Waals surface area contributed by atoms with E-state index in [1.54, 1.807) is 18.2 Å². The van der Waals surface area contributed by atoms with E-state index in [0.717, 1.165) is 17.1 Å². The molecule has 0 aliphatic carbocycles. The van der Waals surface area contributed by atoms with Crippen molar-refractivity contribution in [3.05, 3.63) is 72.3 Å². The molecule has 29 heavy (non-hydrogen) atoms. The van der Waals surface area contributed by atoms with Gasteiger partial charge in [-0.25, -0.2) is 0 Å². The molecule has 0 fully saturated rings. The summed E-state index contributed by atoms with van der Waals surface area (Å²) in [6.45, 7) is 1.64. The molecule has 0 saturated carbocycles. The Balaban J connectivity index is 1.37.